The van der Waals surface area contributed by atoms with Gasteiger partial charge in [-0.2, -0.15) is 0 Å². The maximum Gasteiger partial charge on any atom is 0.266 e. The Kier molecular flexibility index (Phi) is 6.04. The third-order valence-corrected chi connectivity index (χ3v) is 6.04. The number of thioether (sulfide) groups is 1. The first-order chi connectivity index (χ1) is 14.1. The maximum absolute atomic E-state index is 12.7. The predicted octanol–water partition coefficient (Wildman–Crippen LogP) is 5.91. The quantitative estimate of drug-likeness (QED) is 0.351. The Bertz CT molecular complexity index is 1060. The molecule has 0 N–H and O–H groups in total. The van der Waals surface area contributed by atoms with Crippen LogP contribution in [0.15, 0.2) is 76.2 Å². The van der Waals surface area contributed by atoms with E-state index in [9.17, 15) is 4.79 Å². The van der Waals surface area contributed by atoms with Crippen LogP contribution < -0.4 is 4.74 Å². The minimum Gasteiger partial charge on any atom is -0.489 e. The molecular weight excluding hydrogens is 426 g/mol. The molecule has 0 saturated carbocycles. The first-order valence-electron chi connectivity index (χ1n) is 8.84. The lowest BCUT2D eigenvalue weighted by Crippen LogP contribution is -2.27. The first kappa shape index (κ1) is 19.8. The fourth-order valence-electron chi connectivity index (χ4n) is 2.78. The summed E-state index contributed by atoms with van der Waals surface area (Å²) < 4.78 is 11.6. The number of rotatable bonds is 6. The largest absolute Gasteiger partial charge is 0.489 e. The van der Waals surface area contributed by atoms with E-state index in [0.717, 1.165) is 16.9 Å². The number of hydrogen-bond donors (Lipinski definition) is 0. The van der Waals surface area contributed by atoms with E-state index in [0.29, 0.717) is 33.2 Å². The van der Waals surface area contributed by atoms with Crippen molar-refractivity contribution in [2.45, 2.75) is 13.2 Å². The molecule has 7 heteroatoms. The maximum atomic E-state index is 12.7. The Hall–Kier alpha value is -2.54. The molecule has 1 aliphatic heterocycles. The summed E-state index contributed by atoms with van der Waals surface area (Å²) in [7, 11) is 0. The first-order valence-corrected chi connectivity index (χ1v) is 10.4. The molecule has 0 unspecified atom stereocenters. The minimum atomic E-state index is -0.115. The zero-order chi connectivity index (χ0) is 20.2. The van der Waals surface area contributed by atoms with Gasteiger partial charge in [-0.1, -0.05) is 65.9 Å². The Morgan fingerprint density at radius 1 is 1.10 bits per heavy atom. The molecule has 1 aromatic heterocycles. The van der Waals surface area contributed by atoms with E-state index in [2.05, 4.69) is 0 Å². The van der Waals surface area contributed by atoms with Crippen molar-refractivity contribution in [3.8, 4) is 5.75 Å². The van der Waals surface area contributed by atoms with Crippen LogP contribution >= 0.6 is 35.6 Å². The minimum absolute atomic E-state index is 0.115. The Morgan fingerprint density at radius 2 is 1.90 bits per heavy atom. The summed E-state index contributed by atoms with van der Waals surface area (Å²) in [6.45, 7) is 0.730. The van der Waals surface area contributed by atoms with E-state index >= 15 is 0 Å². The smallest absolute Gasteiger partial charge is 0.266 e. The number of ether oxygens (including phenoxy) is 1. The topological polar surface area (TPSA) is 42.7 Å². The highest BCUT2D eigenvalue weighted by Gasteiger charge is 2.32. The number of furan rings is 1. The van der Waals surface area contributed by atoms with Gasteiger partial charge in [0, 0.05) is 10.6 Å². The van der Waals surface area contributed by atoms with Gasteiger partial charge in [-0.25, -0.2) is 0 Å². The van der Waals surface area contributed by atoms with E-state index in [1.807, 2.05) is 60.7 Å². The second-order valence-electron chi connectivity index (χ2n) is 6.30. The third-order valence-electron chi connectivity index (χ3n) is 4.30. The van der Waals surface area contributed by atoms with Gasteiger partial charge in [0.05, 0.1) is 17.7 Å². The normalized spacial score (nSPS) is 15.3. The van der Waals surface area contributed by atoms with Crippen molar-refractivity contribution < 1.29 is 13.9 Å². The Labute approximate surface area is 183 Å². The molecule has 1 amide bonds. The van der Waals surface area contributed by atoms with Crippen LogP contribution in [-0.4, -0.2) is 15.1 Å². The summed E-state index contributed by atoms with van der Waals surface area (Å²) in [5.41, 5.74) is 1.83. The summed E-state index contributed by atoms with van der Waals surface area (Å²) in [6, 6.07) is 18.7. The van der Waals surface area contributed by atoms with Crippen molar-refractivity contribution >= 4 is 51.9 Å². The monoisotopic (exact) mass is 441 g/mol. The number of hydrogen-bond acceptors (Lipinski definition) is 5. The van der Waals surface area contributed by atoms with Crippen LogP contribution in [0.1, 0.15) is 16.9 Å². The van der Waals surface area contributed by atoms with Crippen molar-refractivity contribution in [2.24, 2.45) is 0 Å². The van der Waals surface area contributed by atoms with Gasteiger partial charge in [0.15, 0.2) is 0 Å². The molecule has 0 spiro atoms. The van der Waals surface area contributed by atoms with Crippen LogP contribution in [0.5, 0.6) is 5.75 Å². The second kappa shape index (κ2) is 8.86. The molecule has 0 bridgehead atoms. The number of carbonyl (C=O) groups excluding carboxylic acids is 1. The van der Waals surface area contributed by atoms with Crippen molar-refractivity contribution in [3.05, 3.63) is 93.7 Å². The lowest BCUT2D eigenvalue weighted by Gasteiger charge is -2.12. The summed E-state index contributed by atoms with van der Waals surface area (Å²) in [6.07, 6.45) is 3.41. The van der Waals surface area contributed by atoms with E-state index < -0.39 is 0 Å². The lowest BCUT2D eigenvalue weighted by atomic mass is 10.2. The molecule has 0 aliphatic carbocycles. The molecule has 2 heterocycles. The average Bonchev–Trinajstić information content (AvgIpc) is 3.33. The molecule has 0 atom stereocenters. The predicted molar refractivity (Wildman–Crippen MR) is 120 cm³/mol. The number of halogens is 1. The Balaban J connectivity index is 1.41. The summed E-state index contributed by atoms with van der Waals surface area (Å²) in [5.74, 6) is 1.31. The van der Waals surface area contributed by atoms with Crippen molar-refractivity contribution in [1.29, 1.82) is 0 Å². The van der Waals surface area contributed by atoms with Gasteiger partial charge in [-0.3, -0.25) is 9.69 Å². The number of nitrogens with zero attached hydrogens (tertiary/aromatic N) is 1. The van der Waals surface area contributed by atoms with Crippen LogP contribution in [0.25, 0.3) is 6.08 Å². The molecule has 4 rings (SSSR count). The average molecular weight is 442 g/mol. The van der Waals surface area contributed by atoms with Gasteiger partial charge in [0.2, 0.25) is 0 Å². The van der Waals surface area contributed by atoms with Gasteiger partial charge in [0.25, 0.3) is 5.91 Å². The molecule has 3 aromatic rings. The Morgan fingerprint density at radius 3 is 2.62 bits per heavy atom. The summed E-state index contributed by atoms with van der Waals surface area (Å²) in [5, 5.41) is 0.681. The van der Waals surface area contributed by atoms with E-state index in [4.69, 9.17) is 33.0 Å². The highest BCUT2D eigenvalue weighted by Crippen LogP contribution is 2.34. The molecule has 2 aromatic carbocycles. The second-order valence-corrected chi connectivity index (χ2v) is 8.38. The number of amides is 1. The molecule has 4 nitrogen and oxygen atoms in total. The molecule has 1 saturated heterocycles. The molecule has 1 aliphatic rings. The van der Waals surface area contributed by atoms with E-state index in [1.165, 1.54) is 11.8 Å². The van der Waals surface area contributed by atoms with Gasteiger partial charge in [-0.15, -0.1) is 0 Å². The van der Waals surface area contributed by atoms with E-state index in [1.54, 1.807) is 17.2 Å². The number of thiocarbonyl (C=S) groups is 1. The highest BCUT2D eigenvalue weighted by atomic mass is 35.5. The molecule has 0 radical (unpaired) electrons. The van der Waals surface area contributed by atoms with Crippen LogP contribution in [0.2, 0.25) is 5.02 Å². The van der Waals surface area contributed by atoms with Crippen LogP contribution in [-0.2, 0) is 17.9 Å². The zero-order valence-corrected chi connectivity index (χ0v) is 17.6. The van der Waals surface area contributed by atoms with E-state index in [-0.39, 0.29) is 5.91 Å². The number of carbonyl (C=O) groups is 1. The third kappa shape index (κ3) is 4.72. The molecule has 29 heavy (non-hydrogen) atoms. The van der Waals surface area contributed by atoms with Crippen LogP contribution in [0.3, 0.4) is 0 Å². The fourth-order valence-corrected chi connectivity index (χ4v) is 4.23. The highest BCUT2D eigenvalue weighted by molar-refractivity contribution is 8.26. The standard InChI is InChI=1S/C22H16ClNO3S2/c23-19-6-2-1-4-16(19)14-27-17-9-7-15(8-10-17)12-20-21(25)24(22(28)29-20)13-18-5-3-11-26-18/h1-12H,13-14H2. The van der Waals surface area contributed by atoms with Crippen molar-refractivity contribution in [3.63, 3.8) is 0 Å². The van der Waals surface area contributed by atoms with Crippen molar-refractivity contribution in [1.82, 2.24) is 4.90 Å². The van der Waals surface area contributed by atoms with Gasteiger partial charge in [0.1, 0.15) is 22.4 Å². The lowest BCUT2D eigenvalue weighted by molar-refractivity contribution is -0.122. The number of benzene rings is 2. The molecule has 146 valence electrons. The van der Waals surface area contributed by atoms with Gasteiger partial charge >= 0.3 is 0 Å². The van der Waals surface area contributed by atoms with Crippen molar-refractivity contribution in [2.75, 3.05) is 0 Å². The summed E-state index contributed by atoms with van der Waals surface area (Å²) >= 11 is 12.8. The summed E-state index contributed by atoms with van der Waals surface area (Å²) in [4.78, 5) is 14.8. The van der Waals surface area contributed by atoms with Crippen LogP contribution in [0.4, 0.5) is 0 Å². The zero-order valence-electron chi connectivity index (χ0n) is 15.2. The van der Waals surface area contributed by atoms with Gasteiger partial charge < -0.3 is 9.15 Å². The molecular formula is C22H16ClNO3S2. The van der Waals surface area contributed by atoms with Gasteiger partial charge in [-0.05, 0) is 42.0 Å². The molecule has 1 fully saturated rings. The SMILES string of the molecule is O=C1C(=Cc2ccc(OCc3ccccc3Cl)cc2)SC(=S)N1Cc1ccco1. The van der Waals surface area contributed by atoms with Crippen LogP contribution in [0, 0.1) is 0 Å². The fraction of sp³-hybridized carbons (Fsp3) is 0.0909.